The highest BCUT2D eigenvalue weighted by molar-refractivity contribution is 5.93. The Labute approximate surface area is 169 Å². The lowest BCUT2D eigenvalue weighted by Crippen LogP contribution is -2.20. The van der Waals surface area contributed by atoms with E-state index < -0.39 is 0 Å². The number of hydrogen-bond acceptors (Lipinski definition) is 5. The van der Waals surface area contributed by atoms with Crippen molar-refractivity contribution >= 4 is 23.5 Å². The standard InChI is InChI=1S/C23H22N2O4/c1-27-20-7-5-6-18(14-20)24-15-17-10-12-19(13-11-17)29-16-23(26)25-21-8-3-4-9-22(21)28-2/h3-15H,16H2,1-2H3,(H,25,26). The van der Waals surface area contributed by atoms with Crippen molar-refractivity contribution in [3.8, 4) is 17.2 Å². The van der Waals surface area contributed by atoms with Crippen LogP contribution in [0.3, 0.4) is 0 Å². The van der Waals surface area contributed by atoms with Crippen LogP contribution in [0.25, 0.3) is 0 Å². The van der Waals surface area contributed by atoms with Gasteiger partial charge in [-0.2, -0.15) is 0 Å². The Morgan fingerprint density at radius 3 is 2.48 bits per heavy atom. The molecule has 0 saturated heterocycles. The molecule has 0 aliphatic heterocycles. The fourth-order valence-corrected chi connectivity index (χ4v) is 2.57. The van der Waals surface area contributed by atoms with Crippen LogP contribution < -0.4 is 19.5 Å². The molecule has 6 nitrogen and oxygen atoms in total. The van der Waals surface area contributed by atoms with Crippen LogP contribution in [0.2, 0.25) is 0 Å². The molecule has 0 radical (unpaired) electrons. The first-order valence-electron chi connectivity index (χ1n) is 9.02. The number of hydrogen-bond donors (Lipinski definition) is 1. The average molecular weight is 390 g/mol. The number of carbonyl (C=O) groups is 1. The summed E-state index contributed by atoms with van der Waals surface area (Å²) in [5, 5.41) is 2.77. The van der Waals surface area contributed by atoms with E-state index in [4.69, 9.17) is 14.2 Å². The lowest BCUT2D eigenvalue weighted by atomic mass is 10.2. The molecule has 29 heavy (non-hydrogen) atoms. The molecule has 0 saturated carbocycles. The Kier molecular flexibility index (Phi) is 6.84. The number of methoxy groups -OCH3 is 2. The van der Waals surface area contributed by atoms with Gasteiger partial charge in [0.2, 0.25) is 0 Å². The van der Waals surface area contributed by atoms with E-state index >= 15 is 0 Å². The summed E-state index contributed by atoms with van der Waals surface area (Å²) in [6.07, 6.45) is 1.76. The second-order valence-corrected chi connectivity index (χ2v) is 6.07. The highest BCUT2D eigenvalue weighted by Crippen LogP contribution is 2.23. The summed E-state index contributed by atoms with van der Waals surface area (Å²) in [5.41, 5.74) is 2.32. The van der Waals surface area contributed by atoms with Crippen molar-refractivity contribution in [2.24, 2.45) is 4.99 Å². The molecule has 6 heteroatoms. The zero-order valence-electron chi connectivity index (χ0n) is 16.3. The fourth-order valence-electron chi connectivity index (χ4n) is 2.57. The van der Waals surface area contributed by atoms with Gasteiger partial charge in [-0.3, -0.25) is 9.79 Å². The molecular formula is C23H22N2O4. The summed E-state index contributed by atoms with van der Waals surface area (Å²) >= 11 is 0. The number of nitrogens with zero attached hydrogens (tertiary/aromatic N) is 1. The van der Waals surface area contributed by atoms with Gasteiger partial charge in [0, 0.05) is 12.3 Å². The predicted molar refractivity (Wildman–Crippen MR) is 114 cm³/mol. The fraction of sp³-hybridized carbons (Fsp3) is 0.130. The van der Waals surface area contributed by atoms with Gasteiger partial charge in [-0.1, -0.05) is 18.2 Å². The van der Waals surface area contributed by atoms with Crippen molar-refractivity contribution in [1.29, 1.82) is 0 Å². The third kappa shape index (κ3) is 5.84. The largest absolute Gasteiger partial charge is 0.497 e. The van der Waals surface area contributed by atoms with Gasteiger partial charge in [-0.05, 0) is 54.1 Å². The monoisotopic (exact) mass is 390 g/mol. The molecule has 148 valence electrons. The van der Waals surface area contributed by atoms with Gasteiger partial charge in [0.25, 0.3) is 5.91 Å². The summed E-state index contributed by atoms with van der Waals surface area (Å²) in [6, 6.07) is 22.1. The van der Waals surface area contributed by atoms with Crippen LogP contribution in [-0.4, -0.2) is 32.9 Å². The van der Waals surface area contributed by atoms with Crippen molar-refractivity contribution in [3.05, 3.63) is 78.4 Å². The summed E-state index contributed by atoms with van der Waals surface area (Å²) in [4.78, 5) is 16.5. The Morgan fingerprint density at radius 2 is 1.72 bits per heavy atom. The Hall–Kier alpha value is -3.80. The van der Waals surface area contributed by atoms with Crippen molar-refractivity contribution in [2.45, 2.75) is 0 Å². The molecule has 0 heterocycles. The lowest BCUT2D eigenvalue weighted by Gasteiger charge is -2.10. The van der Waals surface area contributed by atoms with Crippen molar-refractivity contribution in [1.82, 2.24) is 0 Å². The maximum absolute atomic E-state index is 12.1. The quantitative estimate of drug-likeness (QED) is 0.576. The number of benzene rings is 3. The lowest BCUT2D eigenvalue weighted by molar-refractivity contribution is -0.118. The predicted octanol–water partition coefficient (Wildman–Crippen LogP) is 4.47. The van der Waals surface area contributed by atoms with Gasteiger partial charge in [0.1, 0.15) is 17.2 Å². The van der Waals surface area contributed by atoms with Crippen molar-refractivity contribution in [3.63, 3.8) is 0 Å². The third-order valence-corrected chi connectivity index (χ3v) is 4.05. The number of amides is 1. The second kappa shape index (κ2) is 9.94. The Morgan fingerprint density at radius 1 is 0.931 bits per heavy atom. The van der Waals surface area contributed by atoms with Gasteiger partial charge >= 0.3 is 0 Å². The van der Waals surface area contributed by atoms with E-state index in [1.54, 1.807) is 44.7 Å². The van der Waals surface area contributed by atoms with Gasteiger partial charge < -0.3 is 19.5 Å². The number of aliphatic imine (C=N–C) groups is 1. The molecule has 0 atom stereocenters. The topological polar surface area (TPSA) is 69.2 Å². The molecule has 1 amide bonds. The van der Waals surface area contributed by atoms with E-state index in [-0.39, 0.29) is 12.5 Å². The van der Waals surface area contributed by atoms with E-state index in [1.165, 1.54) is 0 Å². The van der Waals surface area contributed by atoms with Gasteiger partial charge in [-0.25, -0.2) is 0 Å². The summed E-state index contributed by atoms with van der Waals surface area (Å²) < 4.78 is 16.0. The average Bonchev–Trinajstić information content (AvgIpc) is 2.77. The van der Waals surface area contributed by atoms with E-state index in [0.717, 1.165) is 17.0 Å². The van der Waals surface area contributed by atoms with E-state index in [2.05, 4.69) is 10.3 Å². The minimum absolute atomic E-state index is 0.102. The Balaban J connectivity index is 1.53. The first-order chi connectivity index (χ1) is 14.2. The number of para-hydroxylation sites is 2. The number of nitrogens with one attached hydrogen (secondary N) is 1. The molecule has 3 aromatic rings. The highest BCUT2D eigenvalue weighted by Gasteiger charge is 2.07. The summed E-state index contributed by atoms with van der Waals surface area (Å²) in [6.45, 7) is -0.102. The van der Waals surface area contributed by atoms with Crippen LogP contribution in [0.15, 0.2) is 77.8 Å². The second-order valence-electron chi connectivity index (χ2n) is 6.07. The van der Waals surface area contributed by atoms with Crippen molar-refractivity contribution in [2.75, 3.05) is 26.1 Å². The first-order valence-corrected chi connectivity index (χ1v) is 9.02. The Bertz CT molecular complexity index is 984. The van der Waals surface area contributed by atoms with E-state index in [0.29, 0.717) is 17.2 Å². The van der Waals surface area contributed by atoms with Crippen LogP contribution >= 0.6 is 0 Å². The van der Waals surface area contributed by atoms with Crippen LogP contribution in [0.5, 0.6) is 17.2 Å². The molecule has 1 N–H and O–H groups in total. The van der Waals surface area contributed by atoms with Crippen LogP contribution in [0, 0.1) is 0 Å². The zero-order valence-corrected chi connectivity index (χ0v) is 16.3. The molecule has 0 aliphatic carbocycles. The zero-order chi connectivity index (χ0) is 20.5. The van der Waals surface area contributed by atoms with Gasteiger partial charge in [-0.15, -0.1) is 0 Å². The minimum Gasteiger partial charge on any atom is -0.497 e. The van der Waals surface area contributed by atoms with Gasteiger partial charge in [0.15, 0.2) is 6.61 Å². The van der Waals surface area contributed by atoms with Gasteiger partial charge in [0.05, 0.1) is 25.6 Å². The maximum Gasteiger partial charge on any atom is 0.262 e. The molecule has 0 spiro atoms. The summed E-state index contributed by atoms with van der Waals surface area (Å²) in [7, 11) is 3.18. The highest BCUT2D eigenvalue weighted by atomic mass is 16.5. The van der Waals surface area contributed by atoms with E-state index in [9.17, 15) is 4.79 Å². The molecule has 0 aliphatic rings. The number of anilines is 1. The maximum atomic E-state index is 12.1. The number of ether oxygens (including phenoxy) is 3. The molecular weight excluding hydrogens is 368 g/mol. The van der Waals surface area contributed by atoms with Crippen LogP contribution in [-0.2, 0) is 4.79 Å². The van der Waals surface area contributed by atoms with Crippen molar-refractivity contribution < 1.29 is 19.0 Å². The molecule has 3 rings (SSSR count). The smallest absolute Gasteiger partial charge is 0.262 e. The number of rotatable bonds is 8. The molecule has 0 bridgehead atoms. The molecule has 0 unspecified atom stereocenters. The van der Waals surface area contributed by atoms with E-state index in [1.807, 2.05) is 48.5 Å². The first kappa shape index (κ1) is 19.9. The van der Waals surface area contributed by atoms with Crippen LogP contribution in [0.4, 0.5) is 11.4 Å². The normalized spacial score (nSPS) is 10.6. The van der Waals surface area contributed by atoms with Crippen LogP contribution in [0.1, 0.15) is 5.56 Å². The molecule has 0 aromatic heterocycles. The SMILES string of the molecule is COc1cccc(N=Cc2ccc(OCC(=O)Nc3ccccc3OC)cc2)c1. The third-order valence-electron chi connectivity index (χ3n) is 4.05. The molecule has 0 fully saturated rings. The minimum atomic E-state index is -0.266. The summed E-state index contributed by atoms with van der Waals surface area (Å²) in [5.74, 6) is 1.69. The number of carbonyl (C=O) groups excluding carboxylic acids is 1. The molecule has 3 aromatic carbocycles.